The molecule has 0 amide bonds. The summed E-state index contributed by atoms with van der Waals surface area (Å²) in [5, 5.41) is 2.88. The predicted octanol–water partition coefficient (Wildman–Crippen LogP) is 7.83. The highest BCUT2D eigenvalue weighted by Crippen LogP contribution is 2.67. The van der Waals surface area contributed by atoms with E-state index < -0.39 is 0 Å². The van der Waals surface area contributed by atoms with Gasteiger partial charge in [0.15, 0.2) is 11.0 Å². The number of pyridine rings is 1. The summed E-state index contributed by atoms with van der Waals surface area (Å²) in [6.07, 6.45) is 3.66. The highest BCUT2D eigenvalue weighted by Gasteiger charge is 2.74. The van der Waals surface area contributed by atoms with Crippen molar-refractivity contribution in [2.45, 2.75) is 84.1 Å². The van der Waals surface area contributed by atoms with Crippen molar-refractivity contribution in [3.05, 3.63) is 72.9 Å². The molecule has 0 N–H and O–H groups in total. The van der Waals surface area contributed by atoms with Gasteiger partial charge in [-0.2, -0.15) is 4.40 Å². The minimum Gasteiger partial charge on any atom is -0.216 e. The van der Waals surface area contributed by atoms with Crippen LogP contribution >= 0.6 is 0 Å². The van der Waals surface area contributed by atoms with E-state index in [0.717, 1.165) is 0 Å². The maximum Gasteiger partial charge on any atom is 0.296 e. The zero-order valence-electron chi connectivity index (χ0n) is 21.0. The molecule has 4 aromatic rings. The molecule has 2 aliphatic rings. The minimum atomic E-state index is 0.0754. The Morgan fingerprint density at radius 2 is 1.66 bits per heavy atom. The van der Waals surface area contributed by atoms with Crippen LogP contribution in [0, 0.1) is 0 Å². The molecule has 2 heteroatoms. The monoisotopic (exact) mass is 427 g/mol. The number of fused-ring (bicyclic) bond motifs is 6. The lowest BCUT2D eigenvalue weighted by molar-refractivity contribution is -0.697. The summed E-state index contributed by atoms with van der Waals surface area (Å²) in [6, 6.07) is 18.5. The van der Waals surface area contributed by atoms with Crippen LogP contribution in [0.25, 0.3) is 27.5 Å². The molecular weight excluding hydrogens is 388 g/mol. The number of para-hydroxylation sites is 2. The molecule has 168 valence electrons. The van der Waals surface area contributed by atoms with Crippen molar-refractivity contribution in [2.24, 2.45) is 0 Å². The highest BCUT2D eigenvalue weighted by molar-refractivity contribution is 6.01. The molecule has 0 radical (unpaired) electrons. The number of nitrogens with zero attached hydrogens (tertiary/aromatic N) is 2. The first-order valence-corrected chi connectivity index (χ1v) is 12.3. The molecule has 0 bridgehead atoms. The third-order valence-electron chi connectivity index (χ3n) is 7.90. The van der Waals surface area contributed by atoms with Crippen LogP contribution in [0.2, 0.25) is 0 Å². The zero-order chi connectivity index (χ0) is 23.5. The Labute approximate surface area is 193 Å². The SMILES string of the molecule is C=C.CC.CCC12CC1(CC)[n+]1c3ccccc3n3c(C(C)(C)C)cc4cccc2c4c31. The van der Waals surface area contributed by atoms with E-state index in [2.05, 4.69) is 105 Å². The van der Waals surface area contributed by atoms with Crippen molar-refractivity contribution >= 4 is 27.5 Å². The van der Waals surface area contributed by atoms with Gasteiger partial charge in [0.1, 0.15) is 11.2 Å². The normalized spacial score (nSPS) is 22.8. The number of benzene rings is 2. The summed E-state index contributed by atoms with van der Waals surface area (Å²) in [5.41, 5.74) is 7.73. The molecular formula is C30H39N2+. The standard InChI is InChI=1S/C26H29N2.C2H6.C2H4/c1-6-25-16-26(25,7-2)28-20-14-9-8-13-19(20)27-21(24(3,4)5)15-17-11-10-12-18(25)22(17)23(27)28;2*1-2/h8-15H,6-7,16H2,1-5H3;1-2H3;1-2H2/q+1;;. The van der Waals surface area contributed by atoms with Crippen molar-refractivity contribution < 1.29 is 4.57 Å². The van der Waals surface area contributed by atoms with Crippen molar-refractivity contribution in [1.82, 2.24) is 4.40 Å². The molecule has 0 spiro atoms. The molecule has 1 fully saturated rings. The maximum absolute atomic E-state index is 3.00. The van der Waals surface area contributed by atoms with E-state index in [0.29, 0.717) is 0 Å². The Balaban J connectivity index is 0.000000582. The fourth-order valence-electron chi connectivity index (χ4n) is 6.53. The Bertz CT molecular complexity index is 1320. The fourth-order valence-corrected chi connectivity index (χ4v) is 6.53. The average Bonchev–Trinajstić information content (AvgIpc) is 3.40. The predicted molar refractivity (Wildman–Crippen MR) is 139 cm³/mol. The number of imidazole rings is 1. The quantitative estimate of drug-likeness (QED) is 0.227. The molecule has 32 heavy (non-hydrogen) atoms. The second-order valence-electron chi connectivity index (χ2n) is 10.0. The van der Waals surface area contributed by atoms with Crippen LogP contribution in [0.1, 0.15) is 79.0 Å². The molecule has 2 atom stereocenters. The van der Waals surface area contributed by atoms with E-state index in [1.54, 1.807) is 5.56 Å². The molecule has 1 aliphatic heterocycles. The van der Waals surface area contributed by atoms with Gasteiger partial charge in [0.05, 0.1) is 5.39 Å². The van der Waals surface area contributed by atoms with Gasteiger partial charge >= 0.3 is 0 Å². The van der Waals surface area contributed by atoms with Crippen LogP contribution in [0.5, 0.6) is 0 Å². The average molecular weight is 428 g/mol. The zero-order valence-corrected chi connectivity index (χ0v) is 21.0. The Hall–Kier alpha value is -2.61. The van der Waals surface area contributed by atoms with E-state index in [4.69, 9.17) is 0 Å². The number of aromatic nitrogens is 2. The molecule has 2 nitrogen and oxygen atoms in total. The second kappa shape index (κ2) is 7.47. The summed E-state index contributed by atoms with van der Waals surface area (Å²) < 4.78 is 5.33. The van der Waals surface area contributed by atoms with Gasteiger partial charge in [-0.05, 0) is 42.0 Å². The smallest absolute Gasteiger partial charge is 0.216 e. The maximum atomic E-state index is 3.00. The van der Waals surface area contributed by atoms with E-state index in [-0.39, 0.29) is 16.4 Å². The summed E-state index contributed by atoms with van der Waals surface area (Å²) in [6.45, 7) is 21.8. The first-order valence-electron chi connectivity index (χ1n) is 12.3. The highest BCUT2D eigenvalue weighted by atomic mass is 15.2. The Kier molecular flexibility index (Phi) is 5.27. The Morgan fingerprint density at radius 1 is 0.969 bits per heavy atom. The van der Waals surface area contributed by atoms with Crippen LogP contribution in [0.3, 0.4) is 0 Å². The van der Waals surface area contributed by atoms with Gasteiger partial charge in [-0.15, -0.1) is 13.2 Å². The molecule has 1 saturated carbocycles. The molecule has 1 aliphatic carbocycles. The van der Waals surface area contributed by atoms with Gasteiger partial charge in [-0.1, -0.05) is 78.8 Å². The summed E-state index contributed by atoms with van der Waals surface area (Å²) in [4.78, 5) is 0. The molecule has 0 saturated heterocycles. The van der Waals surface area contributed by atoms with Crippen LogP contribution < -0.4 is 4.57 Å². The lowest BCUT2D eigenvalue weighted by Crippen LogP contribution is -2.53. The van der Waals surface area contributed by atoms with Gasteiger partial charge in [0.25, 0.3) is 5.65 Å². The third kappa shape index (κ3) is 2.50. The van der Waals surface area contributed by atoms with Gasteiger partial charge < -0.3 is 0 Å². The second-order valence-corrected chi connectivity index (χ2v) is 10.0. The number of rotatable bonds is 2. The summed E-state index contributed by atoms with van der Waals surface area (Å²) in [5.74, 6) is 0. The number of hydrogen-bond acceptors (Lipinski definition) is 0. The molecule has 2 aromatic carbocycles. The topological polar surface area (TPSA) is 8.29 Å². The molecule has 2 aromatic heterocycles. The first kappa shape index (κ1) is 22.6. The van der Waals surface area contributed by atoms with Gasteiger partial charge in [-0.3, -0.25) is 0 Å². The van der Waals surface area contributed by atoms with E-state index in [1.165, 1.54) is 52.4 Å². The number of hydrogen-bond donors (Lipinski definition) is 0. The van der Waals surface area contributed by atoms with E-state index >= 15 is 0 Å². The summed E-state index contributed by atoms with van der Waals surface area (Å²) >= 11 is 0. The molecule has 3 heterocycles. The van der Waals surface area contributed by atoms with Gasteiger partial charge in [0, 0.05) is 17.3 Å². The molecule has 2 unspecified atom stereocenters. The first-order chi connectivity index (χ1) is 15.4. The van der Waals surface area contributed by atoms with Crippen LogP contribution in [0.15, 0.2) is 61.7 Å². The summed E-state index contributed by atoms with van der Waals surface area (Å²) in [7, 11) is 0. The van der Waals surface area contributed by atoms with E-state index in [1.807, 2.05) is 13.8 Å². The van der Waals surface area contributed by atoms with Gasteiger partial charge in [-0.25, -0.2) is 4.57 Å². The van der Waals surface area contributed by atoms with Gasteiger partial charge in [0.2, 0.25) is 0 Å². The third-order valence-corrected chi connectivity index (χ3v) is 7.90. The van der Waals surface area contributed by atoms with Crippen molar-refractivity contribution in [3.8, 4) is 0 Å². The van der Waals surface area contributed by atoms with Crippen molar-refractivity contribution in [3.63, 3.8) is 0 Å². The Morgan fingerprint density at radius 3 is 2.28 bits per heavy atom. The minimum absolute atomic E-state index is 0.0754. The van der Waals surface area contributed by atoms with Crippen LogP contribution in [-0.4, -0.2) is 4.40 Å². The van der Waals surface area contributed by atoms with Crippen molar-refractivity contribution in [2.75, 3.05) is 0 Å². The largest absolute Gasteiger partial charge is 0.296 e. The van der Waals surface area contributed by atoms with Crippen LogP contribution in [-0.2, 0) is 16.4 Å². The van der Waals surface area contributed by atoms with Crippen LogP contribution in [0.4, 0.5) is 0 Å². The fraction of sp³-hybridized carbons (Fsp3) is 0.433. The van der Waals surface area contributed by atoms with E-state index in [9.17, 15) is 0 Å². The molecule has 6 rings (SSSR count). The lowest BCUT2D eigenvalue weighted by atomic mass is 9.81. The van der Waals surface area contributed by atoms with Crippen molar-refractivity contribution in [1.29, 1.82) is 0 Å². The lowest BCUT2D eigenvalue weighted by Gasteiger charge is -2.29.